The number of hydrogen-bond donors (Lipinski definition) is 3. The van der Waals surface area contributed by atoms with Crippen molar-refractivity contribution in [3.05, 3.63) is 21.5 Å². The fourth-order valence-electron chi connectivity index (χ4n) is 3.01. The van der Waals surface area contributed by atoms with Crippen molar-refractivity contribution in [2.24, 2.45) is 11.7 Å². The first-order valence-corrected chi connectivity index (χ1v) is 8.48. The minimum Gasteiger partial charge on any atom is -0.355 e. The second-order valence-electron chi connectivity index (χ2n) is 6.08. The van der Waals surface area contributed by atoms with Crippen molar-refractivity contribution < 1.29 is 14.5 Å². The highest BCUT2D eigenvalue weighted by atomic mass is 35.5. The number of H-pyrrole nitrogens is 1. The summed E-state index contributed by atoms with van der Waals surface area (Å²) in [5, 5.41) is 20.6. The van der Waals surface area contributed by atoms with E-state index in [0.29, 0.717) is 51.0 Å². The SMILES string of the molecule is CCCc1[nH]nc(C(=O)N2CCCC(C(=O)NCCN)C2)c1[N+](=O)[O-].Cl. The van der Waals surface area contributed by atoms with Gasteiger partial charge in [-0.15, -0.1) is 12.4 Å². The summed E-state index contributed by atoms with van der Waals surface area (Å²) in [5.41, 5.74) is 5.28. The van der Waals surface area contributed by atoms with Gasteiger partial charge < -0.3 is 16.0 Å². The van der Waals surface area contributed by atoms with Crippen molar-refractivity contribution in [1.29, 1.82) is 0 Å². The van der Waals surface area contributed by atoms with Gasteiger partial charge in [-0.3, -0.25) is 24.8 Å². The third-order valence-electron chi connectivity index (χ3n) is 4.22. The van der Waals surface area contributed by atoms with E-state index >= 15 is 0 Å². The van der Waals surface area contributed by atoms with Gasteiger partial charge in [-0.05, 0) is 19.3 Å². The van der Waals surface area contributed by atoms with Crippen molar-refractivity contribution in [2.45, 2.75) is 32.6 Å². The minimum absolute atomic E-state index is 0. The van der Waals surface area contributed by atoms with Crippen molar-refractivity contribution in [1.82, 2.24) is 20.4 Å². The van der Waals surface area contributed by atoms with Gasteiger partial charge in [0.2, 0.25) is 11.6 Å². The molecule has 0 saturated carbocycles. The third kappa shape index (κ3) is 4.92. The molecular formula is C15H25ClN6O4. The molecule has 1 aliphatic rings. The molecule has 2 amide bonds. The zero-order valence-electron chi connectivity index (χ0n) is 14.7. The topological polar surface area (TPSA) is 147 Å². The summed E-state index contributed by atoms with van der Waals surface area (Å²) < 4.78 is 0. The Balaban J connectivity index is 0.00000338. The van der Waals surface area contributed by atoms with Gasteiger partial charge in [0.15, 0.2) is 0 Å². The van der Waals surface area contributed by atoms with Crippen LogP contribution in [0.25, 0.3) is 0 Å². The van der Waals surface area contributed by atoms with Crippen LogP contribution in [0, 0.1) is 16.0 Å². The lowest BCUT2D eigenvalue weighted by Crippen LogP contribution is -2.46. The summed E-state index contributed by atoms with van der Waals surface area (Å²) in [4.78, 5) is 37.1. The molecule has 1 atom stereocenters. The van der Waals surface area contributed by atoms with Gasteiger partial charge >= 0.3 is 5.69 Å². The molecule has 0 bridgehead atoms. The quantitative estimate of drug-likeness (QED) is 0.460. The number of hydrogen-bond acceptors (Lipinski definition) is 6. The van der Waals surface area contributed by atoms with E-state index in [9.17, 15) is 19.7 Å². The molecule has 1 aromatic rings. The lowest BCUT2D eigenvalue weighted by Gasteiger charge is -2.31. The van der Waals surface area contributed by atoms with Gasteiger partial charge in [0.1, 0.15) is 5.69 Å². The van der Waals surface area contributed by atoms with Crippen LogP contribution >= 0.6 is 12.4 Å². The normalized spacial score (nSPS) is 16.7. The number of nitro groups is 1. The van der Waals surface area contributed by atoms with E-state index in [4.69, 9.17) is 5.73 Å². The Kier molecular flexibility index (Phi) is 8.46. The van der Waals surface area contributed by atoms with Gasteiger partial charge in [-0.1, -0.05) is 13.3 Å². The van der Waals surface area contributed by atoms with Crippen LogP contribution in [-0.4, -0.2) is 58.0 Å². The molecule has 10 nitrogen and oxygen atoms in total. The standard InChI is InChI=1S/C15H24N6O4.ClH/c1-2-4-11-13(21(24)25)12(19-18-11)15(23)20-8-3-5-10(9-20)14(22)17-7-6-16;/h10H,2-9,16H2,1H3,(H,17,22)(H,18,19);1H. The number of rotatable bonds is 7. The van der Waals surface area contributed by atoms with Crippen LogP contribution in [0.5, 0.6) is 0 Å². The lowest BCUT2D eigenvalue weighted by molar-refractivity contribution is -0.385. The number of amides is 2. The summed E-state index contributed by atoms with van der Waals surface area (Å²) in [5.74, 6) is -0.995. The van der Waals surface area contributed by atoms with Crippen LogP contribution in [0.4, 0.5) is 5.69 Å². The molecule has 146 valence electrons. The molecule has 2 rings (SSSR count). The van der Waals surface area contributed by atoms with Crippen molar-refractivity contribution >= 4 is 29.9 Å². The molecule has 1 aromatic heterocycles. The predicted molar refractivity (Wildman–Crippen MR) is 97.2 cm³/mol. The van der Waals surface area contributed by atoms with E-state index in [1.165, 1.54) is 4.90 Å². The van der Waals surface area contributed by atoms with Gasteiger partial charge in [-0.25, -0.2) is 0 Å². The van der Waals surface area contributed by atoms with E-state index in [0.717, 1.165) is 0 Å². The Morgan fingerprint density at radius 1 is 1.50 bits per heavy atom. The molecule has 0 spiro atoms. The summed E-state index contributed by atoms with van der Waals surface area (Å²) in [6.07, 6.45) is 2.47. The summed E-state index contributed by atoms with van der Waals surface area (Å²) in [6, 6.07) is 0. The number of aromatic nitrogens is 2. The fourth-order valence-corrected chi connectivity index (χ4v) is 3.01. The molecule has 11 heteroatoms. The number of aromatic amines is 1. The average molecular weight is 389 g/mol. The number of carbonyl (C=O) groups excluding carboxylic acids is 2. The molecule has 1 unspecified atom stereocenters. The van der Waals surface area contributed by atoms with Crippen LogP contribution in [-0.2, 0) is 11.2 Å². The number of nitrogens with zero attached hydrogens (tertiary/aromatic N) is 3. The number of likely N-dealkylation sites (tertiary alicyclic amines) is 1. The fraction of sp³-hybridized carbons (Fsp3) is 0.667. The molecular weight excluding hydrogens is 364 g/mol. The number of halogens is 1. The average Bonchev–Trinajstić information content (AvgIpc) is 3.03. The van der Waals surface area contributed by atoms with Crippen molar-refractivity contribution in [3.63, 3.8) is 0 Å². The smallest absolute Gasteiger partial charge is 0.322 e. The first-order valence-electron chi connectivity index (χ1n) is 8.48. The molecule has 1 aliphatic heterocycles. The molecule has 4 N–H and O–H groups in total. The van der Waals surface area contributed by atoms with Gasteiger partial charge in [0, 0.05) is 26.2 Å². The van der Waals surface area contributed by atoms with Crippen LogP contribution < -0.4 is 11.1 Å². The highest BCUT2D eigenvalue weighted by Gasteiger charge is 2.35. The molecule has 26 heavy (non-hydrogen) atoms. The Morgan fingerprint density at radius 2 is 2.23 bits per heavy atom. The van der Waals surface area contributed by atoms with Gasteiger partial charge in [0.05, 0.1) is 10.8 Å². The molecule has 0 radical (unpaired) electrons. The molecule has 0 aromatic carbocycles. The molecule has 1 fully saturated rings. The zero-order valence-corrected chi connectivity index (χ0v) is 15.5. The van der Waals surface area contributed by atoms with Gasteiger partial charge in [-0.2, -0.15) is 5.10 Å². The van der Waals surface area contributed by atoms with Crippen LogP contribution in [0.1, 0.15) is 42.4 Å². The summed E-state index contributed by atoms with van der Waals surface area (Å²) >= 11 is 0. The highest BCUT2D eigenvalue weighted by Crippen LogP contribution is 2.26. The van der Waals surface area contributed by atoms with E-state index in [1.54, 1.807) is 0 Å². The zero-order chi connectivity index (χ0) is 18.4. The van der Waals surface area contributed by atoms with E-state index in [2.05, 4.69) is 15.5 Å². The Hall–Kier alpha value is -2.20. The van der Waals surface area contributed by atoms with Crippen LogP contribution in [0.3, 0.4) is 0 Å². The number of piperidine rings is 1. The Labute approximate surface area is 157 Å². The van der Waals surface area contributed by atoms with Crippen LogP contribution in [0.2, 0.25) is 0 Å². The second-order valence-corrected chi connectivity index (χ2v) is 6.08. The maximum Gasteiger partial charge on any atom is 0.322 e. The first-order chi connectivity index (χ1) is 12.0. The second kappa shape index (κ2) is 10.1. The van der Waals surface area contributed by atoms with Crippen LogP contribution in [0.15, 0.2) is 0 Å². The molecule has 0 aliphatic carbocycles. The highest BCUT2D eigenvalue weighted by molar-refractivity contribution is 5.97. The third-order valence-corrected chi connectivity index (χ3v) is 4.22. The van der Waals surface area contributed by atoms with E-state index in [1.807, 2.05) is 6.92 Å². The van der Waals surface area contributed by atoms with Crippen molar-refractivity contribution in [3.8, 4) is 0 Å². The lowest BCUT2D eigenvalue weighted by atomic mass is 9.96. The predicted octanol–water partition coefficient (Wildman–Crippen LogP) is 0.619. The molecule has 1 saturated heterocycles. The Morgan fingerprint density at radius 3 is 2.85 bits per heavy atom. The van der Waals surface area contributed by atoms with E-state index < -0.39 is 10.8 Å². The number of nitrogens with one attached hydrogen (secondary N) is 2. The van der Waals surface area contributed by atoms with Gasteiger partial charge in [0.25, 0.3) is 5.91 Å². The maximum atomic E-state index is 12.7. The summed E-state index contributed by atoms with van der Waals surface area (Å²) in [7, 11) is 0. The monoisotopic (exact) mass is 388 g/mol. The number of carbonyl (C=O) groups is 2. The number of nitrogens with two attached hydrogens (primary N) is 1. The first kappa shape index (κ1) is 21.8. The number of aryl methyl sites for hydroxylation is 1. The minimum atomic E-state index is -0.572. The van der Waals surface area contributed by atoms with Crippen molar-refractivity contribution in [2.75, 3.05) is 26.2 Å². The maximum absolute atomic E-state index is 12.7. The molecule has 2 heterocycles. The van der Waals surface area contributed by atoms with E-state index in [-0.39, 0.29) is 42.2 Å². The summed E-state index contributed by atoms with van der Waals surface area (Å²) in [6.45, 7) is 3.30. The largest absolute Gasteiger partial charge is 0.355 e. The Bertz CT molecular complexity index is 650.